The molecule has 0 radical (unpaired) electrons. The third-order valence-corrected chi connectivity index (χ3v) is 5.54. The molecule has 2 aliphatic heterocycles. The lowest BCUT2D eigenvalue weighted by Crippen LogP contribution is -2.57. The number of aryl methyl sites for hydroxylation is 1. The Labute approximate surface area is 162 Å². The Bertz CT molecular complexity index is 613. The molecular formula is C20H31ClN2O3. The summed E-state index contributed by atoms with van der Waals surface area (Å²) in [5.74, 6) is 0.0462. The summed E-state index contributed by atoms with van der Waals surface area (Å²) < 4.78 is 6.05. The van der Waals surface area contributed by atoms with Crippen LogP contribution in [0.2, 0.25) is 0 Å². The summed E-state index contributed by atoms with van der Waals surface area (Å²) in [6.07, 6.45) is 3.43. The Kier molecular flexibility index (Phi) is 7.08. The highest BCUT2D eigenvalue weighted by Gasteiger charge is 2.46. The summed E-state index contributed by atoms with van der Waals surface area (Å²) in [6, 6.07) is 8.02. The molecule has 2 fully saturated rings. The van der Waals surface area contributed by atoms with E-state index >= 15 is 0 Å². The maximum atomic E-state index is 12.6. The van der Waals surface area contributed by atoms with Crippen molar-refractivity contribution in [3.05, 3.63) is 35.4 Å². The number of rotatable bonds is 4. The molecule has 146 valence electrons. The zero-order chi connectivity index (χ0) is 17.9. The number of halogens is 1. The van der Waals surface area contributed by atoms with Crippen molar-refractivity contribution >= 4 is 18.3 Å². The second kappa shape index (κ2) is 8.70. The monoisotopic (exact) mass is 382 g/mol. The van der Waals surface area contributed by atoms with Crippen LogP contribution < -0.4 is 5.32 Å². The van der Waals surface area contributed by atoms with E-state index < -0.39 is 5.60 Å². The normalized spacial score (nSPS) is 24.7. The predicted octanol–water partition coefficient (Wildman–Crippen LogP) is 2.08. The quantitative estimate of drug-likeness (QED) is 0.837. The van der Waals surface area contributed by atoms with Crippen molar-refractivity contribution in [1.82, 2.24) is 10.2 Å². The number of likely N-dealkylation sites (N-methyl/N-ethyl adjacent to an activating group) is 1. The molecule has 2 aliphatic rings. The van der Waals surface area contributed by atoms with E-state index in [4.69, 9.17) is 4.74 Å². The highest BCUT2D eigenvalue weighted by Crippen LogP contribution is 2.38. The third-order valence-electron chi connectivity index (χ3n) is 5.54. The van der Waals surface area contributed by atoms with Gasteiger partial charge >= 0.3 is 0 Å². The van der Waals surface area contributed by atoms with Gasteiger partial charge in [-0.05, 0) is 38.4 Å². The zero-order valence-electron chi connectivity index (χ0n) is 15.8. The second-order valence-electron chi connectivity index (χ2n) is 7.85. The van der Waals surface area contributed by atoms with Crippen LogP contribution in [0.3, 0.4) is 0 Å². The first-order valence-electron chi connectivity index (χ1n) is 9.26. The molecule has 2 N–H and O–H groups in total. The number of hydrogen-bond acceptors (Lipinski definition) is 4. The van der Waals surface area contributed by atoms with E-state index in [-0.39, 0.29) is 23.9 Å². The number of carbonyl (C=O) groups is 1. The lowest BCUT2D eigenvalue weighted by molar-refractivity contribution is -0.177. The van der Waals surface area contributed by atoms with Gasteiger partial charge in [0, 0.05) is 26.4 Å². The number of benzene rings is 1. The topological polar surface area (TPSA) is 61.8 Å². The van der Waals surface area contributed by atoms with Crippen LogP contribution in [-0.2, 0) is 16.0 Å². The highest BCUT2D eigenvalue weighted by atomic mass is 35.5. The summed E-state index contributed by atoms with van der Waals surface area (Å²) in [7, 11) is 1.79. The van der Waals surface area contributed by atoms with Crippen LogP contribution in [0, 0.1) is 6.92 Å². The van der Waals surface area contributed by atoms with Crippen molar-refractivity contribution in [3.63, 3.8) is 0 Å². The Morgan fingerprint density at radius 2 is 2.04 bits per heavy atom. The first-order valence-corrected chi connectivity index (χ1v) is 9.26. The number of piperidine rings is 1. The number of carbonyl (C=O) groups excluding carboxylic acids is 1. The molecular weight excluding hydrogens is 352 g/mol. The molecule has 1 spiro atoms. The fourth-order valence-corrected chi connectivity index (χ4v) is 4.20. The summed E-state index contributed by atoms with van der Waals surface area (Å²) in [4.78, 5) is 14.3. The smallest absolute Gasteiger partial charge is 0.226 e. The largest absolute Gasteiger partial charge is 0.388 e. The molecule has 26 heavy (non-hydrogen) atoms. The molecule has 0 aliphatic carbocycles. The van der Waals surface area contributed by atoms with Crippen LogP contribution in [0.25, 0.3) is 0 Å². The number of nitrogens with zero attached hydrogens (tertiary/aromatic N) is 1. The second-order valence-corrected chi connectivity index (χ2v) is 7.85. The molecule has 1 atom stereocenters. The van der Waals surface area contributed by atoms with Gasteiger partial charge < -0.3 is 20.1 Å². The van der Waals surface area contributed by atoms with Gasteiger partial charge in [0.25, 0.3) is 0 Å². The van der Waals surface area contributed by atoms with Gasteiger partial charge in [0.2, 0.25) is 5.91 Å². The molecule has 1 aromatic rings. The van der Waals surface area contributed by atoms with Gasteiger partial charge in [0.1, 0.15) is 0 Å². The fraction of sp³-hybridized carbons (Fsp3) is 0.650. The molecule has 2 heterocycles. The molecule has 1 aromatic carbocycles. The van der Waals surface area contributed by atoms with E-state index in [1.54, 1.807) is 11.9 Å². The SMILES string of the molecule is Cc1cccc(CC(=O)N(C)CC2(O)CCOC3(CCNCC3)C2)c1.Cl. The number of amides is 1. The zero-order valence-corrected chi connectivity index (χ0v) is 16.6. The van der Waals surface area contributed by atoms with Gasteiger partial charge in [0.15, 0.2) is 0 Å². The van der Waals surface area contributed by atoms with Gasteiger partial charge in [-0.3, -0.25) is 4.79 Å². The van der Waals surface area contributed by atoms with Crippen LogP contribution in [-0.4, -0.2) is 60.4 Å². The molecule has 1 amide bonds. The summed E-state index contributed by atoms with van der Waals surface area (Å²) in [6.45, 7) is 4.82. The Hall–Kier alpha value is -1.14. The predicted molar refractivity (Wildman–Crippen MR) is 105 cm³/mol. The van der Waals surface area contributed by atoms with Crippen molar-refractivity contribution in [3.8, 4) is 0 Å². The van der Waals surface area contributed by atoms with E-state index in [0.29, 0.717) is 32.4 Å². The maximum Gasteiger partial charge on any atom is 0.226 e. The average molecular weight is 383 g/mol. The lowest BCUT2D eigenvalue weighted by Gasteiger charge is -2.48. The van der Waals surface area contributed by atoms with Crippen LogP contribution in [0.5, 0.6) is 0 Å². The minimum Gasteiger partial charge on any atom is -0.388 e. The Morgan fingerprint density at radius 1 is 1.31 bits per heavy atom. The minimum atomic E-state index is -0.855. The van der Waals surface area contributed by atoms with E-state index in [0.717, 1.165) is 37.1 Å². The van der Waals surface area contributed by atoms with Crippen molar-refractivity contribution in [1.29, 1.82) is 0 Å². The Balaban J connectivity index is 0.00000243. The van der Waals surface area contributed by atoms with Gasteiger partial charge in [-0.2, -0.15) is 0 Å². The average Bonchev–Trinajstić information content (AvgIpc) is 2.55. The van der Waals surface area contributed by atoms with Gasteiger partial charge in [0.05, 0.1) is 24.2 Å². The molecule has 6 heteroatoms. The molecule has 3 rings (SSSR count). The van der Waals surface area contributed by atoms with E-state index in [9.17, 15) is 9.90 Å². The summed E-state index contributed by atoms with van der Waals surface area (Å²) in [5.41, 5.74) is 1.10. The van der Waals surface area contributed by atoms with Gasteiger partial charge in [-0.15, -0.1) is 12.4 Å². The van der Waals surface area contributed by atoms with Crippen molar-refractivity contribution in [2.75, 3.05) is 33.3 Å². The van der Waals surface area contributed by atoms with E-state index in [1.165, 1.54) is 0 Å². The van der Waals surface area contributed by atoms with Crippen molar-refractivity contribution < 1.29 is 14.6 Å². The van der Waals surface area contributed by atoms with Crippen molar-refractivity contribution in [2.24, 2.45) is 0 Å². The van der Waals surface area contributed by atoms with Crippen LogP contribution in [0.4, 0.5) is 0 Å². The molecule has 2 saturated heterocycles. The van der Waals surface area contributed by atoms with Gasteiger partial charge in [-0.25, -0.2) is 0 Å². The van der Waals surface area contributed by atoms with Crippen molar-refractivity contribution in [2.45, 2.75) is 50.2 Å². The number of nitrogens with one attached hydrogen (secondary N) is 1. The van der Waals surface area contributed by atoms with E-state index in [2.05, 4.69) is 5.32 Å². The standard InChI is InChI=1S/C20H30N2O3.ClH/c1-16-4-3-5-17(12-16)13-18(23)22(2)15-19(24)8-11-25-20(14-19)6-9-21-10-7-20;/h3-5,12,21,24H,6-11,13-15H2,1-2H3;1H. The number of ether oxygens (including phenoxy) is 1. The molecule has 0 bridgehead atoms. The summed E-state index contributed by atoms with van der Waals surface area (Å²) in [5, 5.41) is 14.5. The number of aliphatic hydroxyl groups is 1. The first kappa shape index (κ1) is 21.2. The van der Waals surface area contributed by atoms with Crippen LogP contribution >= 0.6 is 12.4 Å². The highest BCUT2D eigenvalue weighted by molar-refractivity contribution is 5.85. The van der Waals surface area contributed by atoms with E-state index in [1.807, 2.05) is 31.2 Å². The van der Waals surface area contributed by atoms with Crippen LogP contribution in [0.1, 0.15) is 36.8 Å². The number of hydrogen-bond donors (Lipinski definition) is 2. The third kappa shape index (κ3) is 5.19. The maximum absolute atomic E-state index is 12.6. The Morgan fingerprint density at radius 3 is 2.73 bits per heavy atom. The van der Waals surface area contributed by atoms with Crippen LogP contribution in [0.15, 0.2) is 24.3 Å². The molecule has 1 unspecified atom stereocenters. The molecule has 0 aromatic heterocycles. The van der Waals surface area contributed by atoms with Gasteiger partial charge in [-0.1, -0.05) is 29.8 Å². The minimum absolute atomic E-state index is 0. The fourth-order valence-electron chi connectivity index (χ4n) is 4.20. The summed E-state index contributed by atoms with van der Waals surface area (Å²) >= 11 is 0. The molecule has 5 nitrogen and oxygen atoms in total. The first-order chi connectivity index (χ1) is 11.9. The lowest BCUT2D eigenvalue weighted by atomic mass is 9.77. The molecule has 0 saturated carbocycles.